The summed E-state index contributed by atoms with van der Waals surface area (Å²) in [5, 5.41) is 3.25. The van der Waals surface area contributed by atoms with Gasteiger partial charge >= 0.3 is 0 Å². The molecule has 9 heteroatoms. The third kappa shape index (κ3) is 5.54. The van der Waals surface area contributed by atoms with Crippen LogP contribution in [-0.4, -0.2) is 20.1 Å². The zero-order valence-corrected chi connectivity index (χ0v) is 20.4. The van der Waals surface area contributed by atoms with Crippen molar-refractivity contribution in [2.75, 3.05) is 10.0 Å². The van der Waals surface area contributed by atoms with E-state index in [0.717, 1.165) is 0 Å². The highest BCUT2D eigenvalue weighted by atomic mass is 35.5. The van der Waals surface area contributed by atoms with Crippen molar-refractivity contribution in [3.63, 3.8) is 0 Å². The smallest absolute Gasteiger partial charge is 0.261 e. The minimum absolute atomic E-state index is 0.0561. The molecule has 176 valence electrons. The summed E-state index contributed by atoms with van der Waals surface area (Å²) >= 11 is 12.3. The van der Waals surface area contributed by atoms with Crippen LogP contribution in [0.2, 0.25) is 10.0 Å². The summed E-state index contributed by atoms with van der Waals surface area (Å²) in [6.07, 6.45) is 0. The number of rotatable bonds is 7. The monoisotopic (exact) mass is 524 g/mol. The topological polar surface area (TPSA) is 92.3 Å². The van der Waals surface area contributed by atoms with Crippen LogP contribution in [-0.2, 0) is 10.0 Å². The summed E-state index contributed by atoms with van der Waals surface area (Å²) in [5.41, 5.74) is 0.745. The molecule has 0 bridgehead atoms. The average Bonchev–Trinajstić information content (AvgIpc) is 2.85. The minimum Gasteiger partial charge on any atom is -0.321 e. The number of hydrogen-bond acceptors (Lipinski definition) is 4. The third-order valence-corrected chi connectivity index (χ3v) is 7.01. The SMILES string of the molecule is O=C(Nc1ccc(Cl)cc1C(=O)c1ccccc1Cl)c1ccccc1NS(=O)(=O)c1ccccc1. The van der Waals surface area contributed by atoms with Crippen LogP contribution in [0.15, 0.2) is 102 Å². The normalized spacial score (nSPS) is 11.0. The van der Waals surface area contributed by atoms with Crippen LogP contribution in [0, 0.1) is 0 Å². The number of amides is 1. The molecule has 4 aromatic carbocycles. The predicted octanol–water partition coefficient (Wildman–Crippen LogP) is 6.28. The van der Waals surface area contributed by atoms with E-state index in [1.165, 1.54) is 42.5 Å². The number of halogens is 2. The van der Waals surface area contributed by atoms with Crippen LogP contribution >= 0.6 is 23.2 Å². The summed E-state index contributed by atoms with van der Waals surface area (Å²) in [5.74, 6) is -1.04. The van der Waals surface area contributed by atoms with Gasteiger partial charge in [-0.3, -0.25) is 14.3 Å². The van der Waals surface area contributed by atoms with Gasteiger partial charge in [-0.05, 0) is 54.6 Å². The number of nitrogens with one attached hydrogen (secondary N) is 2. The molecule has 0 aliphatic heterocycles. The van der Waals surface area contributed by atoms with E-state index in [2.05, 4.69) is 10.0 Å². The summed E-state index contributed by atoms with van der Waals surface area (Å²) < 4.78 is 28.0. The molecule has 35 heavy (non-hydrogen) atoms. The van der Waals surface area contributed by atoms with Crippen molar-refractivity contribution < 1.29 is 18.0 Å². The van der Waals surface area contributed by atoms with E-state index < -0.39 is 21.7 Å². The van der Waals surface area contributed by atoms with E-state index in [0.29, 0.717) is 5.02 Å². The molecule has 4 rings (SSSR count). The van der Waals surface area contributed by atoms with Crippen molar-refractivity contribution in [1.82, 2.24) is 0 Å². The van der Waals surface area contributed by atoms with E-state index in [4.69, 9.17) is 23.2 Å². The largest absolute Gasteiger partial charge is 0.321 e. The standard InChI is InChI=1S/C26H18Cl2N2O4S/c27-17-14-15-23(21(16-17)25(31)19-10-4-6-12-22(19)28)29-26(32)20-11-5-7-13-24(20)30-35(33,34)18-8-2-1-3-9-18/h1-16,30H,(H,29,32). The van der Waals surface area contributed by atoms with Crippen LogP contribution in [0.1, 0.15) is 26.3 Å². The van der Waals surface area contributed by atoms with Crippen LogP contribution in [0.3, 0.4) is 0 Å². The van der Waals surface area contributed by atoms with Gasteiger partial charge in [0.05, 0.1) is 26.9 Å². The number of carbonyl (C=O) groups excluding carboxylic acids is 2. The number of hydrogen-bond donors (Lipinski definition) is 2. The van der Waals surface area contributed by atoms with E-state index in [1.807, 2.05) is 0 Å². The predicted molar refractivity (Wildman–Crippen MR) is 138 cm³/mol. The van der Waals surface area contributed by atoms with Gasteiger partial charge in [0, 0.05) is 16.1 Å². The highest BCUT2D eigenvalue weighted by Gasteiger charge is 2.21. The summed E-state index contributed by atoms with van der Waals surface area (Å²) in [6.45, 7) is 0. The van der Waals surface area contributed by atoms with Crippen molar-refractivity contribution in [3.8, 4) is 0 Å². The third-order valence-electron chi connectivity index (χ3n) is 5.06. The lowest BCUT2D eigenvalue weighted by molar-refractivity contribution is 0.102. The Morgan fingerprint density at radius 2 is 1.29 bits per heavy atom. The lowest BCUT2D eigenvalue weighted by Gasteiger charge is -2.15. The Labute approximate surface area is 212 Å². The fraction of sp³-hybridized carbons (Fsp3) is 0. The van der Waals surface area contributed by atoms with Gasteiger partial charge in [0.2, 0.25) is 0 Å². The van der Waals surface area contributed by atoms with Crippen LogP contribution in [0.4, 0.5) is 11.4 Å². The van der Waals surface area contributed by atoms with Gasteiger partial charge in [-0.2, -0.15) is 0 Å². The quantitative estimate of drug-likeness (QED) is 0.278. The molecular weight excluding hydrogens is 507 g/mol. The zero-order chi connectivity index (χ0) is 25.0. The van der Waals surface area contributed by atoms with Gasteiger partial charge < -0.3 is 5.32 Å². The first-order valence-electron chi connectivity index (χ1n) is 10.3. The molecular formula is C26H18Cl2N2O4S. The molecule has 0 saturated heterocycles. The molecule has 0 aromatic heterocycles. The Morgan fingerprint density at radius 1 is 0.657 bits per heavy atom. The van der Waals surface area contributed by atoms with Crippen molar-refractivity contribution >= 4 is 56.3 Å². The molecule has 0 atom stereocenters. The molecule has 0 radical (unpaired) electrons. The van der Waals surface area contributed by atoms with Gasteiger partial charge in [-0.1, -0.05) is 65.7 Å². The Bertz CT molecular complexity index is 1520. The molecule has 0 unspecified atom stereocenters. The van der Waals surface area contributed by atoms with Crippen molar-refractivity contribution in [2.24, 2.45) is 0 Å². The zero-order valence-electron chi connectivity index (χ0n) is 18.0. The Kier molecular flexibility index (Phi) is 7.21. The summed E-state index contributed by atoms with van der Waals surface area (Å²) in [7, 11) is -3.93. The molecule has 0 heterocycles. The molecule has 4 aromatic rings. The van der Waals surface area contributed by atoms with Crippen molar-refractivity contribution in [1.29, 1.82) is 0 Å². The number of anilines is 2. The Balaban J connectivity index is 1.66. The second-order valence-electron chi connectivity index (χ2n) is 7.42. The maximum absolute atomic E-state index is 13.2. The van der Waals surface area contributed by atoms with Gasteiger partial charge in [-0.15, -0.1) is 0 Å². The van der Waals surface area contributed by atoms with Crippen molar-refractivity contribution in [2.45, 2.75) is 4.90 Å². The minimum atomic E-state index is -3.93. The maximum atomic E-state index is 13.2. The number of ketones is 1. The van der Waals surface area contributed by atoms with E-state index in [-0.39, 0.29) is 38.0 Å². The van der Waals surface area contributed by atoms with E-state index in [1.54, 1.807) is 54.6 Å². The van der Waals surface area contributed by atoms with Crippen LogP contribution in [0.25, 0.3) is 0 Å². The van der Waals surface area contributed by atoms with E-state index >= 15 is 0 Å². The van der Waals surface area contributed by atoms with Crippen LogP contribution < -0.4 is 10.0 Å². The highest BCUT2D eigenvalue weighted by molar-refractivity contribution is 7.92. The van der Waals surface area contributed by atoms with Crippen LogP contribution in [0.5, 0.6) is 0 Å². The molecule has 6 nitrogen and oxygen atoms in total. The first-order valence-corrected chi connectivity index (χ1v) is 12.6. The van der Waals surface area contributed by atoms with Crippen molar-refractivity contribution in [3.05, 3.63) is 124 Å². The fourth-order valence-corrected chi connectivity index (χ4v) is 4.86. The maximum Gasteiger partial charge on any atom is 0.261 e. The lowest BCUT2D eigenvalue weighted by atomic mass is 10.0. The number of sulfonamides is 1. The average molecular weight is 525 g/mol. The van der Waals surface area contributed by atoms with Gasteiger partial charge in [0.15, 0.2) is 5.78 Å². The number of benzene rings is 4. The summed E-state index contributed by atoms with van der Waals surface area (Å²) in [6, 6.07) is 25.0. The lowest BCUT2D eigenvalue weighted by Crippen LogP contribution is -2.19. The fourth-order valence-electron chi connectivity index (χ4n) is 3.37. The van der Waals surface area contributed by atoms with Gasteiger partial charge in [0.25, 0.3) is 15.9 Å². The molecule has 0 saturated carbocycles. The highest BCUT2D eigenvalue weighted by Crippen LogP contribution is 2.28. The first kappa shape index (κ1) is 24.5. The molecule has 0 aliphatic rings. The Hall–Kier alpha value is -3.65. The first-order chi connectivity index (χ1) is 16.8. The van der Waals surface area contributed by atoms with E-state index in [9.17, 15) is 18.0 Å². The second-order valence-corrected chi connectivity index (χ2v) is 9.94. The van der Waals surface area contributed by atoms with Gasteiger partial charge in [-0.25, -0.2) is 8.42 Å². The number of para-hydroxylation sites is 1. The summed E-state index contributed by atoms with van der Waals surface area (Å²) in [4.78, 5) is 26.4. The molecule has 0 spiro atoms. The second kappa shape index (κ2) is 10.3. The number of carbonyl (C=O) groups is 2. The Morgan fingerprint density at radius 3 is 2.00 bits per heavy atom. The molecule has 0 fully saturated rings. The molecule has 0 aliphatic carbocycles. The molecule has 2 N–H and O–H groups in total. The van der Waals surface area contributed by atoms with Gasteiger partial charge in [0.1, 0.15) is 0 Å². The molecule has 1 amide bonds.